The minimum atomic E-state index is -0.737. The van der Waals surface area contributed by atoms with Gasteiger partial charge in [-0.25, -0.2) is 4.98 Å². The quantitative estimate of drug-likeness (QED) is 0.318. The lowest BCUT2D eigenvalue weighted by molar-refractivity contribution is 0.0977. The highest BCUT2D eigenvalue weighted by molar-refractivity contribution is 8.00. The summed E-state index contributed by atoms with van der Waals surface area (Å²) in [6, 6.07) is 22.5. The van der Waals surface area contributed by atoms with Crippen LogP contribution in [0.4, 0.5) is 5.69 Å². The molecule has 2 heterocycles. The SMILES string of the molecule is NC(=O)c1oc2ccccc2c1NC(=O)c1ccc(CSc2nc3ccccc3s2)cc1. The molecule has 0 unspecified atom stereocenters. The van der Waals surface area contributed by atoms with E-state index in [4.69, 9.17) is 10.2 Å². The molecule has 32 heavy (non-hydrogen) atoms. The van der Waals surface area contributed by atoms with E-state index >= 15 is 0 Å². The molecule has 0 saturated carbocycles. The average molecular weight is 460 g/mol. The fraction of sp³-hybridized carbons (Fsp3) is 0.0417. The first kappa shape index (κ1) is 20.3. The molecular formula is C24H17N3O3S2. The lowest BCUT2D eigenvalue weighted by atomic mass is 10.1. The fourth-order valence-corrected chi connectivity index (χ4v) is 5.36. The Kier molecular flexibility index (Phi) is 5.38. The Morgan fingerprint density at radius 3 is 2.53 bits per heavy atom. The van der Waals surface area contributed by atoms with Crippen molar-refractivity contribution in [2.24, 2.45) is 5.73 Å². The maximum atomic E-state index is 12.8. The topological polar surface area (TPSA) is 98.2 Å². The minimum Gasteiger partial charge on any atom is -0.449 e. The number of amides is 2. The summed E-state index contributed by atoms with van der Waals surface area (Å²) < 4.78 is 7.70. The van der Waals surface area contributed by atoms with Gasteiger partial charge in [-0.2, -0.15) is 0 Å². The van der Waals surface area contributed by atoms with E-state index in [2.05, 4.69) is 16.4 Å². The van der Waals surface area contributed by atoms with Crippen LogP contribution in [0.2, 0.25) is 0 Å². The van der Waals surface area contributed by atoms with Gasteiger partial charge in [0.05, 0.1) is 10.2 Å². The number of primary amides is 1. The summed E-state index contributed by atoms with van der Waals surface area (Å²) >= 11 is 3.34. The van der Waals surface area contributed by atoms with Crippen molar-refractivity contribution in [3.8, 4) is 0 Å². The Morgan fingerprint density at radius 2 is 1.75 bits per heavy atom. The van der Waals surface area contributed by atoms with Gasteiger partial charge < -0.3 is 15.5 Å². The molecule has 0 radical (unpaired) electrons. The monoisotopic (exact) mass is 459 g/mol. The maximum Gasteiger partial charge on any atom is 0.286 e. The van der Waals surface area contributed by atoms with Crippen LogP contribution in [0.15, 0.2) is 81.6 Å². The molecule has 0 aliphatic heterocycles. The zero-order valence-electron chi connectivity index (χ0n) is 16.7. The van der Waals surface area contributed by atoms with Crippen molar-refractivity contribution in [3.05, 3.63) is 89.7 Å². The minimum absolute atomic E-state index is 0.0663. The molecule has 0 fully saturated rings. The molecule has 0 saturated heterocycles. The predicted octanol–water partition coefficient (Wildman–Crippen LogP) is 5.69. The number of rotatable bonds is 6. The molecule has 0 bridgehead atoms. The molecule has 0 spiro atoms. The van der Waals surface area contributed by atoms with Crippen LogP contribution < -0.4 is 11.1 Å². The smallest absolute Gasteiger partial charge is 0.286 e. The number of nitrogens with zero attached hydrogens (tertiary/aromatic N) is 1. The summed E-state index contributed by atoms with van der Waals surface area (Å²) in [5, 5.41) is 3.40. The first-order valence-corrected chi connectivity index (χ1v) is 11.6. The van der Waals surface area contributed by atoms with Crippen molar-refractivity contribution in [2.45, 2.75) is 10.1 Å². The van der Waals surface area contributed by atoms with Crippen LogP contribution in [0.25, 0.3) is 21.2 Å². The van der Waals surface area contributed by atoms with E-state index in [1.165, 1.54) is 4.70 Å². The van der Waals surface area contributed by atoms with Gasteiger partial charge in [0.2, 0.25) is 5.76 Å². The van der Waals surface area contributed by atoms with E-state index in [1.807, 2.05) is 30.3 Å². The number of anilines is 1. The maximum absolute atomic E-state index is 12.8. The second-order valence-corrected chi connectivity index (χ2v) is 9.31. The van der Waals surface area contributed by atoms with Crippen LogP contribution in [0.1, 0.15) is 26.5 Å². The second-order valence-electron chi connectivity index (χ2n) is 7.05. The van der Waals surface area contributed by atoms with Crippen LogP contribution >= 0.6 is 23.1 Å². The van der Waals surface area contributed by atoms with Gasteiger partial charge in [0.15, 0.2) is 4.34 Å². The Balaban J connectivity index is 1.30. The van der Waals surface area contributed by atoms with Gasteiger partial charge in [-0.05, 0) is 42.0 Å². The van der Waals surface area contributed by atoms with Crippen molar-refractivity contribution in [1.82, 2.24) is 4.98 Å². The zero-order valence-corrected chi connectivity index (χ0v) is 18.3. The van der Waals surface area contributed by atoms with Gasteiger partial charge in [0.25, 0.3) is 11.8 Å². The first-order chi connectivity index (χ1) is 15.6. The third kappa shape index (κ3) is 3.98. The summed E-state index contributed by atoms with van der Waals surface area (Å²) in [5.74, 6) is -0.397. The summed E-state index contributed by atoms with van der Waals surface area (Å²) in [4.78, 5) is 29.2. The molecule has 5 aromatic rings. The Morgan fingerprint density at radius 1 is 1.00 bits per heavy atom. The lowest BCUT2D eigenvalue weighted by Gasteiger charge is -2.06. The van der Waals surface area contributed by atoms with Gasteiger partial charge in [0, 0.05) is 16.7 Å². The average Bonchev–Trinajstić information content (AvgIpc) is 3.39. The summed E-state index contributed by atoms with van der Waals surface area (Å²) in [6.07, 6.45) is 0. The second kappa shape index (κ2) is 8.49. The number of nitrogens with two attached hydrogens (primary N) is 1. The molecular weight excluding hydrogens is 442 g/mol. The van der Waals surface area contributed by atoms with Crippen molar-refractivity contribution in [2.75, 3.05) is 5.32 Å². The number of para-hydroxylation sites is 2. The van der Waals surface area contributed by atoms with E-state index in [-0.39, 0.29) is 17.4 Å². The highest BCUT2D eigenvalue weighted by Gasteiger charge is 2.20. The number of benzene rings is 3. The molecule has 2 amide bonds. The number of hydrogen-bond acceptors (Lipinski definition) is 6. The van der Waals surface area contributed by atoms with Crippen LogP contribution in [-0.4, -0.2) is 16.8 Å². The number of furan rings is 1. The molecule has 0 atom stereocenters. The molecule has 3 N–H and O–H groups in total. The van der Waals surface area contributed by atoms with Gasteiger partial charge in [-0.3, -0.25) is 9.59 Å². The molecule has 0 aliphatic carbocycles. The number of carbonyl (C=O) groups excluding carboxylic acids is 2. The van der Waals surface area contributed by atoms with Crippen LogP contribution in [0.3, 0.4) is 0 Å². The van der Waals surface area contributed by atoms with Gasteiger partial charge in [-0.15, -0.1) is 11.3 Å². The van der Waals surface area contributed by atoms with E-state index < -0.39 is 5.91 Å². The molecule has 6 nitrogen and oxygen atoms in total. The third-order valence-electron chi connectivity index (χ3n) is 4.91. The summed E-state index contributed by atoms with van der Waals surface area (Å²) in [7, 11) is 0. The molecule has 0 aliphatic rings. The zero-order chi connectivity index (χ0) is 22.1. The number of carbonyl (C=O) groups is 2. The van der Waals surface area contributed by atoms with Crippen molar-refractivity contribution < 1.29 is 14.0 Å². The van der Waals surface area contributed by atoms with E-state index in [0.29, 0.717) is 16.5 Å². The van der Waals surface area contributed by atoms with Crippen LogP contribution in [0, 0.1) is 0 Å². The number of aromatic nitrogens is 1. The number of hydrogen-bond donors (Lipinski definition) is 2. The molecule has 2 aromatic heterocycles. The van der Waals surface area contributed by atoms with Crippen molar-refractivity contribution in [1.29, 1.82) is 0 Å². The van der Waals surface area contributed by atoms with Crippen molar-refractivity contribution in [3.63, 3.8) is 0 Å². The van der Waals surface area contributed by atoms with E-state index in [0.717, 1.165) is 21.2 Å². The number of fused-ring (bicyclic) bond motifs is 2. The Bertz CT molecular complexity index is 1420. The van der Waals surface area contributed by atoms with Crippen molar-refractivity contribution >= 4 is 61.8 Å². The van der Waals surface area contributed by atoms with Crippen LogP contribution in [0.5, 0.6) is 0 Å². The lowest BCUT2D eigenvalue weighted by Crippen LogP contribution is -2.17. The Labute approximate surface area is 191 Å². The highest BCUT2D eigenvalue weighted by atomic mass is 32.2. The van der Waals surface area contributed by atoms with Gasteiger partial charge >= 0.3 is 0 Å². The standard InChI is InChI=1S/C24H17N3O3S2/c25-22(28)21-20(16-5-1-3-7-18(16)30-21)27-23(29)15-11-9-14(10-12-15)13-31-24-26-17-6-2-4-8-19(17)32-24/h1-12H,13H2,(H2,25,28)(H,27,29). The van der Waals surface area contributed by atoms with E-state index in [9.17, 15) is 9.59 Å². The molecule has 5 rings (SSSR count). The Hall–Kier alpha value is -3.62. The van der Waals surface area contributed by atoms with Crippen LogP contribution in [-0.2, 0) is 5.75 Å². The predicted molar refractivity (Wildman–Crippen MR) is 128 cm³/mol. The number of thiazole rings is 1. The normalized spacial score (nSPS) is 11.1. The summed E-state index contributed by atoms with van der Waals surface area (Å²) in [6.45, 7) is 0. The summed E-state index contributed by atoms with van der Waals surface area (Å²) in [5.41, 5.74) is 8.76. The number of thioether (sulfide) groups is 1. The molecule has 8 heteroatoms. The molecule has 3 aromatic carbocycles. The van der Waals surface area contributed by atoms with Gasteiger partial charge in [0.1, 0.15) is 11.3 Å². The first-order valence-electron chi connectivity index (χ1n) is 9.78. The number of nitrogens with one attached hydrogen (secondary N) is 1. The van der Waals surface area contributed by atoms with Gasteiger partial charge in [-0.1, -0.05) is 48.2 Å². The highest BCUT2D eigenvalue weighted by Crippen LogP contribution is 2.32. The third-order valence-corrected chi connectivity index (χ3v) is 7.16. The van der Waals surface area contributed by atoms with E-state index in [1.54, 1.807) is 59.5 Å². The fourth-order valence-electron chi connectivity index (χ4n) is 3.34. The largest absolute Gasteiger partial charge is 0.449 e. The molecule has 158 valence electrons.